The van der Waals surface area contributed by atoms with Gasteiger partial charge >= 0.3 is 0 Å². The number of hydrogen-bond donors (Lipinski definition) is 0. The molecule has 0 saturated heterocycles. The van der Waals surface area contributed by atoms with Crippen molar-refractivity contribution in [2.75, 3.05) is 0 Å². The number of nitrogens with zero attached hydrogens (tertiary/aromatic N) is 4. The van der Waals surface area contributed by atoms with Crippen LogP contribution < -0.4 is 0 Å². The molecule has 8 aromatic carbocycles. The van der Waals surface area contributed by atoms with E-state index >= 15 is 0 Å². The molecule has 0 aliphatic carbocycles. The van der Waals surface area contributed by atoms with Crippen LogP contribution in [0.5, 0.6) is 0 Å². The molecule has 0 aliphatic rings. The van der Waals surface area contributed by atoms with Gasteiger partial charge in [-0.1, -0.05) is 158 Å². The summed E-state index contributed by atoms with van der Waals surface area (Å²) < 4.78 is 6.44. The van der Waals surface area contributed by atoms with Gasteiger partial charge in [-0.05, 0) is 65.0 Å². The Balaban J connectivity index is 1.00. The van der Waals surface area contributed by atoms with Gasteiger partial charge in [0.1, 0.15) is 11.2 Å². The normalized spacial score (nSPS) is 11.4. The predicted molar refractivity (Wildman–Crippen MR) is 240 cm³/mol. The summed E-state index contributed by atoms with van der Waals surface area (Å²) in [5.41, 5.74) is 13.3. The molecule has 0 unspecified atom stereocenters. The summed E-state index contributed by atoms with van der Waals surface area (Å²) in [6.07, 6.45) is 0. The molecule has 0 N–H and O–H groups in total. The Morgan fingerprint density at radius 2 is 0.746 bits per heavy atom. The summed E-state index contributed by atoms with van der Waals surface area (Å²) >= 11 is 0. The molecule has 5 heteroatoms. The van der Waals surface area contributed by atoms with Crippen LogP contribution in [0.1, 0.15) is 0 Å². The molecule has 0 atom stereocenters. The largest absolute Gasteiger partial charge is 0.455 e. The van der Waals surface area contributed by atoms with Crippen molar-refractivity contribution in [3.63, 3.8) is 0 Å². The van der Waals surface area contributed by atoms with E-state index in [-0.39, 0.29) is 0 Å². The van der Waals surface area contributed by atoms with E-state index < -0.39 is 0 Å². The fourth-order valence-corrected chi connectivity index (χ4v) is 7.91. The van der Waals surface area contributed by atoms with Crippen LogP contribution in [0.15, 0.2) is 211 Å². The highest BCUT2D eigenvalue weighted by molar-refractivity contribution is 6.15. The van der Waals surface area contributed by atoms with Crippen LogP contribution in [0.25, 0.3) is 112 Å². The Hall–Kier alpha value is -8.02. The van der Waals surface area contributed by atoms with E-state index in [0.717, 1.165) is 100.0 Å². The molecule has 0 aliphatic heterocycles. The number of fused-ring (bicyclic) bond motifs is 5. The first kappa shape index (κ1) is 34.2. The van der Waals surface area contributed by atoms with Crippen molar-refractivity contribution >= 4 is 32.7 Å². The summed E-state index contributed by atoms with van der Waals surface area (Å²) in [6.45, 7) is 0. The topological polar surface area (TPSA) is 64.7 Å². The number of benzene rings is 8. The first-order valence-corrected chi connectivity index (χ1v) is 19.7. The molecule has 3 heterocycles. The Bertz CT molecular complexity index is 3270. The van der Waals surface area contributed by atoms with Gasteiger partial charge in [-0.15, -0.1) is 0 Å². The average Bonchev–Trinajstić information content (AvgIpc) is 3.71. The predicted octanol–water partition coefficient (Wildman–Crippen LogP) is 14.0. The highest BCUT2D eigenvalue weighted by Gasteiger charge is 2.16. The fraction of sp³-hybridized carbons (Fsp3) is 0. The maximum Gasteiger partial charge on any atom is 0.160 e. The van der Waals surface area contributed by atoms with Crippen LogP contribution in [0.3, 0.4) is 0 Å². The monoisotopic (exact) mass is 754 g/mol. The van der Waals surface area contributed by atoms with Gasteiger partial charge in [-0.2, -0.15) is 0 Å². The third-order valence-electron chi connectivity index (χ3n) is 10.9. The lowest BCUT2D eigenvalue weighted by Crippen LogP contribution is -1.96. The molecule has 0 spiro atoms. The highest BCUT2D eigenvalue weighted by Crippen LogP contribution is 2.37. The third kappa shape index (κ3) is 6.51. The Morgan fingerprint density at radius 3 is 1.34 bits per heavy atom. The maximum absolute atomic E-state index is 6.44. The summed E-state index contributed by atoms with van der Waals surface area (Å²) in [7, 11) is 0. The van der Waals surface area contributed by atoms with E-state index in [1.54, 1.807) is 0 Å². The molecule has 0 saturated carbocycles. The zero-order chi connectivity index (χ0) is 39.1. The van der Waals surface area contributed by atoms with Crippen molar-refractivity contribution < 1.29 is 4.42 Å². The van der Waals surface area contributed by atoms with E-state index in [4.69, 9.17) is 24.4 Å². The summed E-state index contributed by atoms with van der Waals surface area (Å²) in [5, 5.41) is 4.37. The van der Waals surface area contributed by atoms with Crippen LogP contribution in [0, 0.1) is 0 Å². The van der Waals surface area contributed by atoms with Gasteiger partial charge < -0.3 is 4.42 Å². The molecular weight excluding hydrogens is 721 g/mol. The minimum absolute atomic E-state index is 0.651. The Morgan fingerprint density at radius 1 is 0.271 bits per heavy atom. The van der Waals surface area contributed by atoms with E-state index in [9.17, 15) is 0 Å². The summed E-state index contributed by atoms with van der Waals surface area (Å²) in [5.74, 6) is 1.34. The zero-order valence-electron chi connectivity index (χ0n) is 31.8. The van der Waals surface area contributed by atoms with E-state index in [1.807, 2.05) is 60.7 Å². The van der Waals surface area contributed by atoms with Crippen LogP contribution >= 0.6 is 0 Å². The zero-order valence-corrected chi connectivity index (χ0v) is 31.8. The molecular formula is C54H34N4O. The van der Waals surface area contributed by atoms with Gasteiger partial charge in [0.05, 0.1) is 22.8 Å². The molecule has 59 heavy (non-hydrogen) atoms. The van der Waals surface area contributed by atoms with E-state index in [0.29, 0.717) is 11.6 Å². The number of rotatable bonds is 7. The minimum Gasteiger partial charge on any atom is -0.455 e. The van der Waals surface area contributed by atoms with Gasteiger partial charge in [0.2, 0.25) is 0 Å². The minimum atomic E-state index is 0.651. The van der Waals surface area contributed by atoms with Crippen molar-refractivity contribution in [2.45, 2.75) is 0 Å². The van der Waals surface area contributed by atoms with Crippen LogP contribution in [0.4, 0.5) is 0 Å². The summed E-state index contributed by atoms with van der Waals surface area (Å²) in [6, 6.07) is 70.9. The van der Waals surface area contributed by atoms with Crippen LogP contribution in [0.2, 0.25) is 0 Å². The van der Waals surface area contributed by atoms with Crippen LogP contribution in [-0.4, -0.2) is 19.9 Å². The number of aromatic nitrogens is 4. The second-order valence-electron chi connectivity index (χ2n) is 14.7. The molecule has 276 valence electrons. The quantitative estimate of drug-likeness (QED) is 0.162. The van der Waals surface area contributed by atoms with Crippen LogP contribution in [-0.2, 0) is 0 Å². The lowest BCUT2D eigenvalue weighted by atomic mass is 9.98. The van der Waals surface area contributed by atoms with Gasteiger partial charge in [0, 0.05) is 49.5 Å². The molecule has 0 amide bonds. The number of hydrogen-bond acceptors (Lipinski definition) is 5. The SMILES string of the molecule is c1ccc(-c2cc(-c3cccc(-c4cccc(-c5cc(-c6ccccc6)nc(-c6ccc7oc8c9ccccc9ccc8c7c6)n5)c4)c3)nc(-c3ccccc3)n2)cc1. The number of furan rings is 1. The molecule has 11 aromatic rings. The summed E-state index contributed by atoms with van der Waals surface area (Å²) in [4.78, 5) is 20.5. The first-order chi connectivity index (χ1) is 29.2. The standard InChI is InChI=1S/C54H34N4O/c1-4-15-36(16-5-1)47-33-49(57-53(55-47)38-19-8-3-9-20-38)41-23-12-21-39(30-41)40-22-13-24-42(31-40)50-34-48(37-17-6-2-7-18-37)56-54(58-50)43-27-29-51-46(32-43)45-28-26-35-14-10-11-25-44(35)52(45)59-51/h1-34H. The van der Waals surface area contributed by atoms with Crippen molar-refractivity contribution in [1.29, 1.82) is 0 Å². The Kier molecular flexibility index (Phi) is 8.41. The second kappa shape index (κ2) is 14.5. The van der Waals surface area contributed by atoms with Gasteiger partial charge in [-0.25, -0.2) is 19.9 Å². The van der Waals surface area contributed by atoms with Gasteiger partial charge in [0.15, 0.2) is 11.6 Å². The lowest BCUT2D eigenvalue weighted by molar-refractivity contribution is 0.672. The maximum atomic E-state index is 6.44. The lowest BCUT2D eigenvalue weighted by Gasteiger charge is -2.12. The van der Waals surface area contributed by atoms with Crippen molar-refractivity contribution in [1.82, 2.24) is 19.9 Å². The molecule has 11 rings (SSSR count). The molecule has 0 radical (unpaired) electrons. The highest BCUT2D eigenvalue weighted by atomic mass is 16.3. The molecule has 0 bridgehead atoms. The molecule has 5 nitrogen and oxygen atoms in total. The second-order valence-corrected chi connectivity index (χ2v) is 14.7. The third-order valence-corrected chi connectivity index (χ3v) is 10.9. The van der Waals surface area contributed by atoms with Crippen molar-refractivity contribution in [3.05, 3.63) is 206 Å². The van der Waals surface area contributed by atoms with Crippen molar-refractivity contribution in [3.8, 4) is 78.9 Å². The first-order valence-electron chi connectivity index (χ1n) is 19.7. The van der Waals surface area contributed by atoms with E-state index in [2.05, 4.69) is 146 Å². The van der Waals surface area contributed by atoms with E-state index in [1.165, 1.54) is 0 Å². The molecule has 3 aromatic heterocycles. The average molecular weight is 755 g/mol. The van der Waals surface area contributed by atoms with Gasteiger partial charge in [-0.3, -0.25) is 0 Å². The Labute approximate surface area is 341 Å². The fourth-order valence-electron chi connectivity index (χ4n) is 7.91. The van der Waals surface area contributed by atoms with Crippen molar-refractivity contribution in [2.24, 2.45) is 0 Å². The smallest absolute Gasteiger partial charge is 0.160 e. The molecule has 0 fully saturated rings. The van der Waals surface area contributed by atoms with Gasteiger partial charge in [0.25, 0.3) is 0 Å².